The molecule has 0 spiro atoms. The Labute approximate surface area is 137 Å². The average Bonchev–Trinajstić information content (AvgIpc) is 2.50. The standard InChI is InChI=1S/C17H24ClN3O/c1-12-5-3-7-14(18)16(12)19-17(22)21-9-4-6-13-11-20(2)10-8-15(13)21/h3,5,7,13,15H,4,6,8-11H2,1-2H3,(H,19,22)/t13-,15+/m0/s1. The number of urea groups is 1. The summed E-state index contributed by atoms with van der Waals surface area (Å²) >= 11 is 6.23. The molecule has 1 aromatic rings. The number of hydrogen-bond donors (Lipinski definition) is 1. The molecule has 0 saturated carbocycles. The van der Waals surface area contributed by atoms with Gasteiger partial charge in [0.2, 0.25) is 0 Å². The Morgan fingerprint density at radius 3 is 2.91 bits per heavy atom. The third kappa shape index (κ3) is 3.08. The summed E-state index contributed by atoms with van der Waals surface area (Å²) in [5.74, 6) is 0.602. The van der Waals surface area contributed by atoms with E-state index in [1.54, 1.807) is 0 Å². The number of amides is 2. The molecule has 0 aromatic heterocycles. The molecule has 2 saturated heterocycles. The molecular formula is C17H24ClN3O. The fraction of sp³-hybridized carbons (Fsp3) is 0.588. The lowest BCUT2D eigenvalue weighted by Gasteiger charge is -2.46. The van der Waals surface area contributed by atoms with Crippen LogP contribution in [-0.2, 0) is 0 Å². The van der Waals surface area contributed by atoms with Gasteiger partial charge in [-0.3, -0.25) is 0 Å². The van der Waals surface area contributed by atoms with Crippen molar-refractivity contribution in [3.8, 4) is 0 Å². The molecule has 0 bridgehead atoms. The molecule has 2 aliphatic rings. The van der Waals surface area contributed by atoms with Crippen LogP contribution in [0.2, 0.25) is 5.02 Å². The molecule has 2 amide bonds. The van der Waals surface area contributed by atoms with E-state index in [1.807, 2.05) is 30.0 Å². The molecule has 0 aliphatic carbocycles. The molecule has 1 aromatic carbocycles. The van der Waals surface area contributed by atoms with Crippen LogP contribution in [0, 0.1) is 12.8 Å². The van der Waals surface area contributed by atoms with Crippen LogP contribution in [-0.4, -0.2) is 48.6 Å². The van der Waals surface area contributed by atoms with E-state index in [-0.39, 0.29) is 6.03 Å². The minimum absolute atomic E-state index is 0.00421. The van der Waals surface area contributed by atoms with Crippen LogP contribution in [0.15, 0.2) is 18.2 Å². The Kier molecular flexibility index (Phi) is 4.59. The lowest BCUT2D eigenvalue weighted by atomic mass is 9.84. The molecule has 3 rings (SSSR count). The Bertz CT molecular complexity index is 543. The van der Waals surface area contributed by atoms with Gasteiger partial charge in [0.25, 0.3) is 0 Å². The van der Waals surface area contributed by atoms with Crippen LogP contribution in [0.3, 0.4) is 0 Å². The summed E-state index contributed by atoms with van der Waals surface area (Å²) in [6.45, 7) is 4.98. The Morgan fingerprint density at radius 1 is 1.32 bits per heavy atom. The summed E-state index contributed by atoms with van der Waals surface area (Å²) in [4.78, 5) is 17.2. The monoisotopic (exact) mass is 321 g/mol. The summed E-state index contributed by atoms with van der Waals surface area (Å²) in [6.07, 6.45) is 3.38. The highest BCUT2D eigenvalue weighted by Crippen LogP contribution is 2.31. The van der Waals surface area contributed by atoms with Crippen molar-refractivity contribution in [2.24, 2.45) is 5.92 Å². The molecule has 0 unspecified atom stereocenters. The number of carbonyl (C=O) groups excluding carboxylic acids is 1. The van der Waals surface area contributed by atoms with E-state index >= 15 is 0 Å². The highest BCUT2D eigenvalue weighted by atomic mass is 35.5. The van der Waals surface area contributed by atoms with E-state index < -0.39 is 0 Å². The molecule has 4 nitrogen and oxygen atoms in total. The lowest BCUT2D eigenvalue weighted by Crippen LogP contribution is -2.56. The number of hydrogen-bond acceptors (Lipinski definition) is 2. The van der Waals surface area contributed by atoms with E-state index in [9.17, 15) is 4.79 Å². The van der Waals surface area contributed by atoms with Crippen LogP contribution in [0.1, 0.15) is 24.8 Å². The third-order valence-corrected chi connectivity index (χ3v) is 5.30. The van der Waals surface area contributed by atoms with Crippen LogP contribution < -0.4 is 5.32 Å². The molecule has 2 fully saturated rings. The molecule has 22 heavy (non-hydrogen) atoms. The van der Waals surface area contributed by atoms with Gasteiger partial charge < -0.3 is 15.1 Å². The van der Waals surface area contributed by atoms with Crippen molar-refractivity contribution in [1.29, 1.82) is 0 Å². The normalized spacial score (nSPS) is 25.7. The number of nitrogens with zero attached hydrogens (tertiary/aromatic N) is 2. The first kappa shape index (κ1) is 15.6. The van der Waals surface area contributed by atoms with E-state index in [0.29, 0.717) is 17.0 Å². The Morgan fingerprint density at radius 2 is 2.14 bits per heavy atom. The summed E-state index contributed by atoms with van der Waals surface area (Å²) in [5.41, 5.74) is 1.74. The molecule has 120 valence electrons. The number of anilines is 1. The van der Waals surface area contributed by atoms with Crippen LogP contribution in [0.25, 0.3) is 0 Å². The Balaban J connectivity index is 1.74. The van der Waals surface area contributed by atoms with Crippen molar-refractivity contribution in [3.63, 3.8) is 0 Å². The van der Waals surface area contributed by atoms with Gasteiger partial charge in [0, 0.05) is 19.1 Å². The molecule has 1 N–H and O–H groups in total. The van der Waals surface area contributed by atoms with Crippen LogP contribution >= 0.6 is 11.6 Å². The third-order valence-electron chi connectivity index (χ3n) is 4.99. The number of nitrogens with one attached hydrogen (secondary N) is 1. The van der Waals surface area contributed by atoms with Crippen molar-refractivity contribution in [1.82, 2.24) is 9.80 Å². The van der Waals surface area contributed by atoms with Gasteiger partial charge in [-0.1, -0.05) is 23.7 Å². The predicted molar refractivity (Wildman–Crippen MR) is 90.5 cm³/mol. The fourth-order valence-electron chi connectivity index (χ4n) is 3.81. The number of likely N-dealkylation sites (tertiary alicyclic amines) is 2. The van der Waals surface area contributed by atoms with Crippen molar-refractivity contribution in [3.05, 3.63) is 28.8 Å². The zero-order valence-corrected chi connectivity index (χ0v) is 14.1. The van der Waals surface area contributed by atoms with Crippen molar-refractivity contribution >= 4 is 23.3 Å². The zero-order valence-electron chi connectivity index (χ0n) is 13.3. The smallest absolute Gasteiger partial charge is 0.321 e. The molecule has 2 heterocycles. The van der Waals surface area contributed by atoms with E-state index in [2.05, 4.69) is 17.3 Å². The van der Waals surface area contributed by atoms with Crippen molar-refractivity contribution in [2.75, 3.05) is 32.0 Å². The highest BCUT2D eigenvalue weighted by molar-refractivity contribution is 6.33. The second-order valence-electron chi connectivity index (χ2n) is 6.58. The first-order valence-corrected chi connectivity index (χ1v) is 8.45. The van der Waals surface area contributed by atoms with Crippen LogP contribution in [0.5, 0.6) is 0 Å². The number of carbonyl (C=O) groups is 1. The summed E-state index contributed by atoms with van der Waals surface area (Å²) < 4.78 is 0. The summed E-state index contributed by atoms with van der Waals surface area (Å²) in [5, 5.41) is 3.64. The highest BCUT2D eigenvalue weighted by Gasteiger charge is 2.37. The Hall–Kier alpha value is -1.26. The first-order valence-electron chi connectivity index (χ1n) is 8.07. The van der Waals surface area contributed by atoms with Gasteiger partial charge in [-0.15, -0.1) is 0 Å². The molecule has 2 atom stereocenters. The lowest BCUT2D eigenvalue weighted by molar-refractivity contribution is 0.0579. The van der Waals surface area contributed by atoms with E-state index in [1.165, 1.54) is 6.42 Å². The fourth-order valence-corrected chi connectivity index (χ4v) is 4.08. The van der Waals surface area contributed by atoms with Gasteiger partial charge in [-0.25, -0.2) is 4.79 Å². The van der Waals surface area contributed by atoms with Gasteiger partial charge in [0.05, 0.1) is 10.7 Å². The number of rotatable bonds is 1. The second kappa shape index (κ2) is 6.47. The average molecular weight is 322 g/mol. The van der Waals surface area contributed by atoms with Crippen LogP contribution in [0.4, 0.5) is 10.5 Å². The van der Waals surface area contributed by atoms with E-state index in [4.69, 9.17) is 11.6 Å². The van der Waals surface area contributed by atoms with Gasteiger partial charge in [-0.05, 0) is 57.3 Å². The molecular weight excluding hydrogens is 298 g/mol. The maximum absolute atomic E-state index is 12.8. The van der Waals surface area contributed by atoms with Gasteiger partial charge >= 0.3 is 6.03 Å². The quantitative estimate of drug-likeness (QED) is 0.858. The minimum Gasteiger partial charge on any atom is -0.321 e. The number of aryl methyl sites for hydroxylation is 1. The number of benzene rings is 1. The number of piperidine rings is 2. The molecule has 0 radical (unpaired) electrons. The van der Waals surface area contributed by atoms with Gasteiger partial charge in [0.1, 0.15) is 0 Å². The van der Waals surface area contributed by atoms with Gasteiger partial charge in [-0.2, -0.15) is 0 Å². The first-order chi connectivity index (χ1) is 10.6. The predicted octanol–water partition coefficient (Wildman–Crippen LogP) is 3.60. The largest absolute Gasteiger partial charge is 0.322 e. The van der Waals surface area contributed by atoms with Crippen molar-refractivity contribution in [2.45, 2.75) is 32.2 Å². The van der Waals surface area contributed by atoms with E-state index in [0.717, 1.165) is 43.7 Å². The summed E-state index contributed by atoms with van der Waals surface area (Å²) in [6, 6.07) is 6.05. The molecule has 2 aliphatic heterocycles. The molecule has 5 heteroatoms. The zero-order chi connectivity index (χ0) is 15.7. The minimum atomic E-state index is -0.00421. The second-order valence-corrected chi connectivity index (χ2v) is 6.98. The SMILES string of the molecule is Cc1cccc(Cl)c1NC(=O)N1CCC[C@H]2CN(C)CC[C@H]21. The van der Waals surface area contributed by atoms with Crippen molar-refractivity contribution < 1.29 is 4.79 Å². The topological polar surface area (TPSA) is 35.6 Å². The summed E-state index contributed by atoms with van der Waals surface area (Å²) in [7, 11) is 2.17. The van der Waals surface area contributed by atoms with Gasteiger partial charge in [0.15, 0.2) is 0 Å². The maximum atomic E-state index is 12.8. The maximum Gasteiger partial charge on any atom is 0.322 e. The number of fused-ring (bicyclic) bond motifs is 1. The number of halogens is 1. The number of para-hydroxylation sites is 1.